The number of para-hydroxylation sites is 1. The van der Waals surface area contributed by atoms with E-state index >= 15 is 0 Å². The van der Waals surface area contributed by atoms with E-state index in [9.17, 15) is 0 Å². The Morgan fingerprint density at radius 3 is 2.55 bits per heavy atom. The second-order valence-electron chi connectivity index (χ2n) is 6.38. The molecule has 0 atom stereocenters. The van der Waals surface area contributed by atoms with Gasteiger partial charge in [0.15, 0.2) is 5.96 Å². The highest BCUT2D eigenvalue weighted by Gasteiger charge is 2.07. The predicted molar refractivity (Wildman–Crippen MR) is 127 cm³/mol. The molecule has 3 rings (SSSR count). The fourth-order valence-electron chi connectivity index (χ4n) is 2.60. The number of nitrogens with zero attached hydrogens (tertiary/aromatic N) is 2. The zero-order valence-corrected chi connectivity index (χ0v) is 19.1. The van der Waals surface area contributed by atoms with Crippen molar-refractivity contribution in [3.8, 4) is 17.2 Å². The van der Waals surface area contributed by atoms with Crippen LogP contribution >= 0.6 is 24.0 Å². The Labute approximate surface area is 188 Å². The van der Waals surface area contributed by atoms with Gasteiger partial charge >= 0.3 is 0 Å². The number of benzene rings is 2. The minimum absolute atomic E-state index is 0. The first-order valence-electron chi connectivity index (χ1n) is 9.38. The molecule has 0 radical (unpaired) electrons. The number of oxazole rings is 1. The first kappa shape index (κ1) is 22.7. The van der Waals surface area contributed by atoms with Crippen LogP contribution in [0.4, 0.5) is 0 Å². The van der Waals surface area contributed by atoms with Crippen LogP contribution in [0.2, 0.25) is 0 Å². The molecule has 2 aromatic carbocycles. The summed E-state index contributed by atoms with van der Waals surface area (Å²) in [6, 6.07) is 17.9. The van der Waals surface area contributed by atoms with Gasteiger partial charge < -0.3 is 19.8 Å². The van der Waals surface area contributed by atoms with Crippen LogP contribution in [0.3, 0.4) is 0 Å². The van der Waals surface area contributed by atoms with E-state index < -0.39 is 0 Å². The molecular weight excluding hydrogens is 479 g/mol. The first-order valence-corrected chi connectivity index (χ1v) is 9.38. The van der Waals surface area contributed by atoms with E-state index in [1.165, 1.54) is 5.56 Å². The summed E-state index contributed by atoms with van der Waals surface area (Å²) in [5.74, 6) is 2.23. The van der Waals surface area contributed by atoms with E-state index in [0.717, 1.165) is 35.9 Å². The highest BCUT2D eigenvalue weighted by molar-refractivity contribution is 14.0. The lowest BCUT2D eigenvalue weighted by molar-refractivity contribution is 0.311. The van der Waals surface area contributed by atoms with Crippen LogP contribution in [0.1, 0.15) is 17.7 Å². The Morgan fingerprint density at radius 1 is 1.07 bits per heavy atom. The van der Waals surface area contributed by atoms with Crippen molar-refractivity contribution in [3.63, 3.8) is 0 Å². The SMILES string of the molecule is CN=C(NCCCOc1ccccc1)NCc1coc(-c2ccc(C)cc2)n1.I. The molecule has 0 saturated carbocycles. The molecule has 0 aliphatic rings. The molecule has 1 aromatic heterocycles. The molecule has 154 valence electrons. The number of nitrogens with one attached hydrogen (secondary N) is 2. The zero-order chi connectivity index (χ0) is 19.6. The lowest BCUT2D eigenvalue weighted by Gasteiger charge is -2.11. The lowest BCUT2D eigenvalue weighted by Crippen LogP contribution is -2.37. The average molecular weight is 506 g/mol. The Morgan fingerprint density at radius 2 is 1.83 bits per heavy atom. The molecule has 2 N–H and O–H groups in total. The molecule has 0 aliphatic heterocycles. The molecule has 0 fully saturated rings. The maximum absolute atomic E-state index is 5.68. The highest BCUT2D eigenvalue weighted by Crippen LogP contribution is 2.18. The third-order valence-corrected chi connectivity index (χ3v) is 4.14. The van der Waals surface area contributed by atoms with Gasteiger partial charge in [0.25, 0.3) is 0 Å². The van der Waals surface area contributed by atoms with E-state index in [2.05, 4.69) is 27.5 Å². The third-order valence-electron chi connectivity index (χ3n) is 4.14. The molecule has 6 nitrogen and oxygen atoms in total. The van der Waals surface area contributed by atoms with E-state index in [4.69, 9.17) is 9.15 Å². The summed E-state index contributed by atoms with van der Waals surface area (Å²) < 4.78 is 11.3. The molecule has 0 amide bonds. The van der Waals surface area contributed by atoms with Crippen LogP contribution in [0, 0.1) is 6.92 Å². The largest absolute Gasteiger partial charge is 0.494 e. The van der Waals surface area contributed by atoms with Crippen molar-refractivity contribution in [2.24, 2.45) is 4.99 Å². The molecule has 0 spiro atoms. The summed E-state index contributed by atoms with van der Waals surface area (Å²) in [5.41, 5.74) is 3.00. The Kier molecular flexibility index (Phi) is 9.49. The molecule has 3 aromatic rings. The fourth-order valence-corrected chi connectivity index (χ4v) is 2.60. The second kappa shape index (κ2) is 12.1. The van der Waals surface area contributed by atoms with Crippen molar-refractivity contribution in [1.82, 2.24) is 15.6 Å². The van der Waals surface area contributed by atoms with Gasteiger partial charge in [-0.15, -0.1) is 24.0 Å². The Hall–Kier alpha value is -2.55. The average Bonchev–Trinajstić information content (AvgIpc) is 3.20. The first-order chi connectivity index (χ1) is 13.7. The molecule has 0 saturated heterocycles. The minimum atomic E-state index is 0. The smallest absolute Gasteiger partial charge is 0.226 e. The maximum atomic E-state index is 5.68. The van der Waals surface area contributed by atoms with Crippen LogP contribution in [0.25, 0.3) is 11.5 Å². The highest BCUT2D eigenvalue weighted by atomic mass is 127. The van der Waals surface area contributed by atoms with Gasteiger partial charge in [-0.05, 0) is 37.6 Å². The van der Waals surface area contributed by atoms with E-state index in [-0.39, 0.29) is 24.0 Å². The molecular formula is C22H27IN4O2. The monoisotopic (exact) mass is 506 g/mol. The number of guanidine groups is 1. The molecule has 0 aliphatic carbocycles. The van der Waals surface area contributed by atoms with Gasteiger partial charge in [0.05, 0.1) is 18.8 Å². The minimum Gasteiger partial charge on any atom is -0.494 e. The number of hydrogen-bond donors (Lipinski definition) is 2. The number of halogens is 1. The topological polar surface area (TPSA) is 71.7 Å². The predicted octanol–water partition coefficient (Wildman–Crippen LogP) is 4.40. The van der Waals surface area contributed by atoms with Gasteiger partial charge in [-0.2, -0.15) is 0 Å². The van der Waals surface area contributed by atoms with Crippen molar-refractivity contribution in [2.75, 3.05) is 20.2 Å². The molecule has 29 heavy (non-hydrogen) atoms. The number of ether oxygens (including phenoxy) is 1. The van der Waals surface area contributed by atoms with Crippen molar-refractivity contribution >= 4 is 29.9 Å². The number of hydrogen-bond acceptors (Lipinski definition) is 4. The van der Waals surface area contributed by atoms with Gasteiger partial charge in [-0.1, -0.05) is 35.9 Å². The van der Waals surface area contributed by atoms with Crippen LogP contribution in [0.5, 0.6) is 5.75 Å². The third kappa shape index (κ3) is 7.41. The number of rotatable bonds is 8. The van der Waals surface area contributed by atoms with Crippen molar-refractivity contribution in [2.45, 2.75) is 19.9 Å². The summed E-state index contributed by atoms with van der Waals surface area (Å²) in [4.78, 5) is 8.76. The summed E-state index contributed by atoms with van der Waals surface area (Å²) >= 11 is 0. The fraction of sp³-hybridized carbons (Fsp3) is 0.273. The van der Waals surface area contributed by atoms with Crippen LogP contribution in [0.15, 0.2) is 70.3 Å². The van der Waals surface area contributed by atoms with Crippen LogP contribution in [-0.2, 0) is 6.54 Å². The standard InChI is InChI=1S/C22H26N4O2.HI/c1-17-9-11-18(12-10-17)21-26-19(16-28-21)15-25-22(23-2)24-13-6-14-27-20-7-4-3-5-8-20;/h3-5,7-12,16H,6,13-15H2,1-2H3,(H2,23,24,25);1H. The normalized spacial score (nSPS) is 10.9. The van der Waals surface area contributed by atoms with Crippen molar-refractivity contribution in [3.05, 3.63) is 72.1 Å². The van der Waals surface area contributed by atoms with Gasteiger partial charge in [0, 0.05) is 19.2 Å². The van der Waals surface area contributed by atoms with Gasteiger partial charge in [0.2, 0.25) is 5.89 Å². The Bertz CT molecular complexity index is 879. The van der Waals surface area contributed by atoms with E-state index in [0.29, 0.717) is 19.0 Å². The summed E-state index contributed by atoms with van der Waals surface area (Å²) in [5, 5.41) is 6.51. The zero-order valence-electron chi connectivity index (χ0n) is 16.7. The number of aryl methyl sites for hydroxylation is 1. The molecule has 0 bridgehead atoms. The second-order valence-corrected chi connectivity index (χ2v) is 6.38. The van der Waals surface area contributed by atoms with Gasteiger partial charge in [-0.3, -0.25) is 4.99 Å². The molecule has 1 heterocycles. The van der Waals surface area contributed by atoms with Gasteiger partial charge in [-0.25, -0.2) is 4.98 Å². The van der Waals surface area contributed by atoms with Crippen molar-refractivity contribution in [1.29, 1.82) is 0 Å². The quantitative estimate of drug-likeness (QED) is 0.205. The van der Waals surface area contributed by atoms with Crippen LogP contribution in [-0.4, -0.2) is 31.1 Å². The lowest BCUT2D eigenvalue weighted by atomic mass is 10.1. The van der Waals surface area contributed by atoms with Crippen LogP contribution < -0.4 is 15.4 Å². The maximum Gasteiger partial charge on any atom is 0.226 e. The number of aromatic nitrogens is 1. The van der Waals surface area contributed by atoms with Crippen molar-refractivity contribution < 1.29 is 9.15 Å². The van der Waals surface area contributed by atoms with E-state index in [1.807, 2.05) is 54.6 Å². The Balaban J connectivity index is 0.00000300. The van der Waals surface area contributed by atoms with E-state index in [1.54, 1.807) is 13.3 Å². The van der Waals surface area contributed by atoms with Gasteiger partial charge in [0.1, 0.15) is 12.0 Å². The summed E-state index contributed by atoms with van der Waals surface area (Å²) in [6.07, 6.45) is 2.54. The molecule has 0 unspecified atom stereocenters. The molecule has 7 heteroatoms. The number of aliphatic imine (C=N–C) groups is 1. The summed E-state index contributed by atoms with van der Waals surface area (Å²) in [7, 11) is 1.75. The summed E-state index contributed by atoms with van der Waals surface area (Å²) in [6.45, 7) is 4.01.